The van der Waals surface area contributed by atoms with Crippen molar-refractivity contribution in [2.75, 3.05) is 6.54 Å². The van der Waals surface area contributed by atoms with E-state index in [1.807, 2.05) is 19.1 Å². The second kappa shape index (κ2) is 3.52. The topological polar surface area (TPSA) is 45.4 Å². The van der Waals surface area contributed by atoms with Crippen molar-refractivity contribution in [3.05, 3.63) is 23.7 Å². The average Bonchev–Trinajstić information content (AvgIpc) is 2.72. The molecule has 2 rings (SSSR count). The smallest absolute Gasteiger partial charge is 0.134 e. The molecule has 3 nitrogen and oxygen atoms in total. The van der Waals surface area contributed by atoms with Gasteiger partial charge in [-0.3, -0.25) is 0 Å². The highest BCUT2D eigenvalue weighted by molar-refractivity contribution is 5.10. The van der Waals surface area contributed by atoms with E-state index in [0.29, 0.717) is 5.76 Å². The van der Waals surface area contributed by atoms with Crippen molar-refractivity contribution in [3.63, 3.8) is 0 Å². The van der Waals surface area contributed by atoms with Gasteiger partial charge in [-0.25, -0.2) is 0 Å². The molecule has 0 bridgehead atoms. The summed E-state index contributed by atoms with van der Waals surface area (Å²) >= 11 is 0. The van der Waals surface area contributed by atoms with E-state index in [2.05, 4.69) is 5.32 Å². The van der Waals surface area contributed by atoms with Gasteiger partial charge in [-0.05, 0) is 38.4 Å². The molecule has 0 spiro atoms. The van der Waals surface area contributed by atoms with Crippen LogP contribution in [0.15, 0.2) is 16.5 Å². The fourth-order valence-electron chi connectivity index (χ4n) is 1.79. The molecular weight excluding hydrogens is 166 g/mol. The largest absolute Gasteiger partial charge is 0.464 e. The van der Waals surface area contributed by atoms with Crippen LogP contribution in [0, 0.1) is 6.92 Å². The van der Waals surface area contributed by atoms with Crippen LogP contribution in [0.5, 0.6) is 0 Å². The summed E-state index contributed by atoms with van der Waals surface area (Å²) in [5.74, 6) is 1.53. The van der Waals surface area contributed by atoms with Gasteiger partial charge in [0.05, 0.1) is 0 Å². The van der Waals surface area contributed by atoms with Gasteiger partial charge < -0.3 is 14.8 Å². The summed E-state index contributed by atoms with van der Waals surface area (Å²) in [5, 5.41) is 13.1. The molecule has 1 aliphatic heterocycles. The number of rotatable bonds is 2. The first-order chi connectivity index (χ1) is 6.27. The Balaban J connectivity index is 2.07. The number of aliphatic hydroxyl groups excluding tert-OH is 1. The van der Waals surface area contributed by atoms with Crippen molar-refractivity contribution in [3.8, 4) is 0 Å². The molecule has 2 atom stereocenters. The molecular formula is C10H15NO2. The Morgan fingerprint density at radius 1 is 1.62 bits per heavy atom. The maximum absolute atomic E-state index is 9.88. The fourth-order valence-corrected chi connectivity index (χ4v) is 1.79. The molecule has 3 heteroatoms. The summed E-state index contributed by atoms with van der Waals surface area (Å²) in [4.78, 5) is 0. The van der Waals surface area contributed by atoms with Crippen LogP contribution in [-0.4, -0.2) is 17.7 Å². The van der Waals surface area contributed by atoms with Gasteiger partial charge in [0.25, 0.3) is 0 Å². The monoisotopic (exact) mass is 181 g/mol. The van der Waals surface area contributed by atoms with Crippen LogP contribution in [0.2, 0.25) is 0 Å². The minimum Gasteiger partial charge on any atom is -0.464 e. The van der Waals surface area contributed by atoms with Crippen LogP contribution in [0.3, 0.4) is 0 Å². The Labute approximate surface area is 77.8 Å². The molecule has 13 heavy (non-hydrogen) atoms. The van der Waals surface area contributed by atoms with E-state index >= 15 is 0 Å². The molecule has 2 unspecified atom stereocenters. The number of hydrogen-bond donors (Lipinski definition) is 2. The van der Waals surface area contributed by atoms with Gasteiger partial charge >= 0.3 is 0 Å². The molecule has 0 radical (unpaired) electrons. The Morgan fingerprint density at radius 2 is 2.46 bits per heavy atom. The molecule has 1 aromatic heterocycles. The van der Waals surface area contributed by atoms with Crippen molar-refractivity contribution >= 4 is 0 Å². The first kappa shape index (κ1) is 8.78. The molecule has 1 saturated heterocycles. The zero-order chi connectivity index (χ0) is 9.26. The van der Waals surface area contributed by atoms with Crippen molar-refractivity contribution < 1.29 is 9.52 Å². The maximum atomic E-state index is 9.88. The molecule has 1 aromatic rings. The van der Waals surface area contributed by atoms with Crippen LogP contribution in [-0.2, 0) is 0 Å². The third-order valence-electron chi connectivity index (χ3n) is 2.53. The molecule has 0 aromatic carbocycles. The zero-order valence-corrected chi connectivity index (χ0v) is 7.79. The van der Waals surface area contributed by atoms with E-state index in [1.165, 1.54) is 0 Å². The fraction of sp³-hybridized carbons (Fsp3) is 0.600. The molecule has 0 aliphatic carbocycles. The highest BCUT2D eigenvalue weighted by Gasteiger charge is 2.25. The molecule has 2 heterocycles. The van der Waals surface area contributed by atoms with Gasteiger partial charge in [-0.2, -0.15) is 0 Å². The Bertz CT molecular complexity index is 276. The predicted molar refractivity (Wildman–Crippen MR) is 49.4 cm³/mol. The second-order valence-electron chi connectivity index (χ2n) is 3.60. The molecule has 1 fully saturated rings. The highest BCUT2D eigenvalue weighted by atomic mass is 16.4. The van der Waals surface area contributed by atoms with E-state index < -0.39 is 6.10 Å². The van der Waals surface area contributed by atoms with E-state index in [4.69, 9.17) is 4.42 Å². The Hall–Kier alpha value is -0.800. The Morgan fingerprint density at radius 3 is 3.00 bits per heavy atom. The van der Waals surface area contributed by atoms with Gasteiger partial charge in [-0.1, -0.05) is 0 Å². The van der Waals surface area contributed by atoms with Gasteiger partial charge in [0.2, 0.25) is 0 Å². The van der Waals surface area contributed by atoms with E-state index in [9.17, 15) is 5.11 Å². The molecule has 1 aliphatic rings. The lowest BCUT2D eigenvalue weighted by molar-refractivity contribution is 0.112. The number of hydrogen-bond acceptors (Lipinski definition) is 3. The minimum absolute atomic E-state index is 0.172. The SMILES string of the molecule is Cc1ccc(C(O)C2CCCN2)o1. The van der Waals surface area contributed by atoms with Gasteiger partial charge in [0.1, 0.15) is 17.6 Å². The number of nitrogens with one attached hydrogen (secondary N) is 1. The lowest BCUT2D eigenvalue weighted by atomic mass is 10.1. The first-order valence-electron chi connectivity index (χ1n) is 4.75. The molecule has 0 saturated carbocycles. The summed E-state index contributed by atoms with van der Waals surface area (Å²) in [6.45, 7) is 2.89. The lowest BCUT2D eigenvalue weighted by Gasteiger charge is -2.15. The van der Waals surface area contributed by atoms with Crippen molar-refractivity contribution in [2.45, 2.75) is 31.9 Å². The summed E-state index contributed by atoms with van der Waals surface area (Å²) < 4.78 is 5.37. The molecule has 2 N–H and O–H groups in total. The number of aryl methyl sites for hydroxylation is 1. The highest BCUT2D eigenvalue weighted by Crippen LogP contribution is 2.24. The lowest BCUT2D eigenvalue weighted by Crippen LogP contribution is -2.28. The predicted octanol–water partition coefficient (Wildman–Crippen LogP) is 1.37. The molecule has 72 valence electrons. The van der Waals surface area contributed by atoms with E-state index in [1.54, 1.807) is 0 Å². The maximum Gasteiger partial charge on any atom is 0.134 e. The normalized spacial score (nSPS) is 24.9. The minimum atomic E-state index is -0.490. The molecule has 0 amide bonds. The van der Waals surface area contributed by atoms with Gasteiger partial charge in [0, 0.05) is 6.04 Å². The second-order valence-corrected chi connectivity index (χ2v) is 3.60. The van der Waals surface area contributed by atoms with Crippen molar-refractivity contribution in [2.24, 2.45) is 0 Å². The first-order valence-corrected chi connectivity index (χ1v) is 4.75. The van der Waals surface area contributed by atoms with Crippen LogP contribution >= 0.6 is 0 Å². The average molecular weight is 181 g/mol. The quantitative estimate of drug-likeness (QED) is 0.724. The Kier molecular flexibility index (Phi) is 2.38. The number of furan rings is 1. The van der Waals surface area contributed by atoms with Crippen molar-refractivity contribution in [1.29, 1.82) is 0 Å². The summed E-state index contributed by atoms with van der Waals surface area (Å²) in [5.41, 5.74) is 0. The standard InChI is InChI=1S/C10H15NO2/c1-7-4-5-9(13-7)10(12)8-3-2-6-11-8/h4-5,8,10-12H,2-3,6H2,1H3. The van der Waals surface area contributed by atoms with E-state index in [0.717, 1.165) is 25.1 Å². The summed E-state index contributed by atoms with van der Waals surface area (Å²) in [7, 11) is 0. The summed E-state index contributed by atoms with van der Waals surface area (Å²) in [6, 6.07) is 3.90. The number of aliphatic hydroxyl groups is 1. The van der Waals surface area contributed by atoms with Crippen molar-refractivity contribution in [1.82, 2.24) is 5.32 Å². The van der Waals surface area contributed by atoms with E-state index in [-0.39, 0.29) is 6.04 Å². The van der Waals surface area contributed by atoms with Crippen LogP contribution in [0.4, 0.5) is 0 Å². The van der Waals surface area contributed by atoms with Gasteiger partial charge in [0.15, 0.2) is 0 Å². The van der Waals surface area contributed by atoms with Crippen LogP contribution in [0.25, 0.3) is 0 Å². The van der Waals surface area contributed by atoms with Gasteiger partial charge in [-0.15, -0.1) is 0 Å². The summed E-state index contributed by atoms with van der Waals surface area (Å²) in [6.07, 6.45) is 1.68. The van der Waals surface area contributed by atoms with Crippen LogP contribution in [0.1, 0.15) is 30.5 Å². The third-order valence-corrected chi connectivity index (χ3v) is 2.53. The zero-order valence-electron chi connectivity index (χ0n) is 7.79. The van der Waals surface area contributed by atoms with Crippen LogP contribution < -0.4 is 5.32 Å². The third kappa shape index (κ3) is 1.76.